The van der Waals surface area contributed by atoms with Crippen LogP contribution < -0.4 is 15.0 Å². The standard InChI is InChI=1S/C24H32N4O2.HI/c1-25-24(26-18-20-12-17-30-23(20)19-6-4-3-5-7-19)28-15-13-27(14-16-28)21-8-10-22(29-2)11-9-21;/h3-11,20,23H,12-18H2,1-2H3,(H,25,26);1H. The van der Waals surface area contributed by atoms with Crippen LogP contribution in [0.25, 0.3) is 0 Å². The molecule has 0 saturated carbocycles. The number of methoxy groups -OCH3 is 1. The minimum atomic E-state index is 0. The van der Waals surface area contributed by atoms with Crippen LogP contribution in [0, 0.1) is 5.92 Å². The zero-order chi connectivity index (χ0) is 20.8. The number of nitrogens with zero attached hydrogens (tertiary/aromatic N) is 3. The maximum Gasteiger partial charge on any atom is 0.193 e. The molecule has 1 N–H and O–H groups in total. The predicted molar refractivity (Wildman–Crippen MR) is 137 cm³/mol. The van der Waals surface area contributed by atoms with Crippen LogP contribution in [-0.4, -0.2) is 64.3 Å². The van der Waals surface area contributed by atoms with Gasteiger partial charge in [0.25, 0.3) is 0 Å². The Morgan fingerprint density at radius 2 is 1.77 bits per heavy atom. The second-order valence-electron chi connectivity index (χ2n) is 7.85. The van der Waals surface area contributed by atoms with Crippen molar-refractivity contribution in [3.8, 4) is 5.75 Å². The molecule has 2 fully saturated rings. The smallest absolute Gasteiger partial charge is 0.193 e. The highest BCUT2D eigenvalue weighted by Gasteiger charge is 2.30. The molecule has 2 aromatic carbocycles. The third-order valence-corrected chi connectivity index (χ3v) is 6.09. The van der Waals surface area contributed by atoms with Crippen LogP contribution in [0.4, 0.5) is 5.69 Å². The van der Waals surface area contributed by atoms with Crippen molar-refractivity contribution in [3.05, 3.63) is 60.2 Å². The minimum absolute atomic E-state index is 0. The fourth-order valence-electron chi connectivity index (χ4n) is 4.38. The van der Waals surface area contributed by atoms with Crippen molar-refractivity contribution in [2.24, 2.45) is 10.9 Å². The van der Waals surface area contributed by atoms with Crippen LogP contribution in [-0.2, 0) is 4.74 Å². The molecule has 0 radical (unpaired) electrons. The Morgan fingerprint density at radius 3 is 2.42 bits per heavy atom. The summed E-state index contributed by atoms with van der Waals surface area (Å²) in [5, 5.41) is 3.61. The molecule has 2 aliphatic rings. The molecule has 7 heteroatoms. The molecule has 0 aromatic heterocycles. The third kappa shape index (κ3) is 5.83. The molecule has 31 heavy (non-hydrogen) atoms. The monoisotopic (exact) mass is 536 g/mol. The maximum atomic E-state index is 6.03. The van der Waals surface area contributed by atoms with Gasteiger partial charge in [-0.15, -0.1) is 24.0 Å². The van der Waals surface area contributed by atoms with Gasteiger partial charge in [-0.2, -0.15) is 0 Å². The van der Waals surface area contributed by atoms with E-state index in [9.17, 15) is 0 Å². The molecule has 2 unspecified atom stereocenters. The van der Waals surface area contributed by atoms with Gasteiger partial charge in [-0.05, 0) is 36.2 Å². The van der Waals surface area contributed by atoms with Crippen molar-refractivity contribution in [1.29, 1.82) is 0 Å². The molecular weight excluding hydrogens is 503 g/mol. The van der Waals surface area contributed by atoms with Gasteiger partial charge in [0.05, 0.1) is 13.2 Å². The quantitative estimate of drug-likeness (QED) is 0.358. The Bertz CT molecular complexity index is 823. The molecular formula is C24H33IN4O2. The van der Waals surface area contributed by atoms with E-state index in [2.05, 4.69) is 62.6 Å². The predicted octanol–water partition coefficient (Wildman–Crippen LogP) is 3.79. The number of guanidine groups is 1. The Balaban J connectivity index is 0.00000272. The van der Waals surface area contributed by atoms with E-state index in [0.717, 1.165) is 57.5 Å². The van der Waals surface area contributed by atoms with E-state index in [-0.39, 0.29) is 30.1 Å². The summed E-state index contributed by atoms with van der Waals surface area (Å²) in [4.78, 5) is 9.32. The van der Waals surface area contributed by atoms with Crippen LogP contribution >= 0.6 is 24.0 Å². The highest BCUT2D eigenvalue weighted by molar-refractivity contribution is 14.0. The van der Waals surface area contributed by atoms with Gasteiger partial charge in [0, 0.05) is 58.0 Å². The Morgan fingerprint density at radius 1 is 1.06 bits per heavy atom. The first kappa shape index (κ1) is 23.7. The van der Waals surface area contributed by atoms with Crippen molar-refractivity contribution in [3.63, 3.8) is 0 Å². The maximum absolute atomic E-state index is 6.03. The summed E-state index contributed by atoms with van der Waals surface area (Å²) in [5.74, 6) is 2.35. The molecule has 2 aromatic rings. The Hall–Kier alpha value is -2.00. The molecule has 2 atom stereocenters. The van der Waals surface area contributed by atoms with E-state index in [1.807, 2.05) is 19.2 Å². The summed E-state index contributed by atoms with van der Waals surface area (Å²) in [6.45, 7) is 5.57. The topological polar surface area (TPSA) is 49.3 Å². The van der Waals surface area contributed by atoms with Gasteiger partial charge >= 0.3 is 0 Å². The molecule has 4 rings (SSSR count). The van der Waals surface area contributed by atoms with E-state index in [1.165, 1.54) is 11.3 Å². The Kier molecular flexibility index (Phi) is 8.83. The lowest BCUT2D eigenvalue weighted by atomic mass is 9.95. The van der Waals surface area contributed by atoms with Gasteiger partial charge < -0.3 is 24.6 Å². The molecule has 0 aliphatic carbocycles. The number of anilines is 1. The van der Waals surface area contributed by atoms with Crippen molar-refractivity contribution in [2.45, 2.75) is 12.5 Å². The molecule has 2 saturated heterocycles. The largest absolute Gasteiger partial charge is 0.497 e. The number of rotatable bonds is 5. The number of ether oxygens (including phenoxy) is 2. The van der Waals surface area contributed by atoms with Gasteiger partial charge in [-0.1, -0.05) is 30.3 Å². The number of hydrogen-bond donors (Lipinski definition) is 1. The van der Waals surface area contributed by atoms with Crippen LogP contribution in [0.5, 0.6) is 5.75 Å². The SMILES string of the molecule is CN=C(NCC1CCOC1c1ccccc1)N1CCN(c2ccc(OC)cc2)CC1.I. The normalized spacial score (nSPS) is 21.5. The number of nitrogens with one attached hydrogen (secondary N) is 1. The molecule has 168 valence electrons. The van der Waals surface area contributed by atoms with Gasteiger partial charge in [-0.25, -0.2) is 0 Å². The molecule has 0 amide bonds. The van der Waals surface area contributed by atoms with Gasteiger partial charge in [0.2, 0.25) is 0 Å². The van der Waals surface area contributed by atoms with Crippen molar-refractivity contribution in [2.75, 3.05) is 58.4 Å². The van der Waals surface area contributed by atoms with E-state index in [4.69, 9.17) is 9.47 Å². The lowest BCUT2D eigenvalue weighted by molar-refractivity contribution is 0.0913. The lowest BCUT2D eigenvalue weighted by Gasteiger charge is -2.38. The first-order chi connectivity index (χ1) is 14.8. The lowest BCUT2D eigenvalue weighted by Crippen LogP contribution is -2.53. The number of aliphatic imine (C=N–C) groups is 1. The van der Waals surface area contributed by atoms with E-state index in [1.54, 1.807) is 7.11 Å². The number of hydrogen-bond acceptors (Lipinski definition) is 4. The first-order valence-corrected chi connectivity index (χ1v) is 10.8. The average Bonchev–Trinajstić information content (AvgIpc) is 3.29. The average molecular weight is 536 g/mol. The van der Waals surface area contributed by atoms with Crippen LogP contribution in [0.1, 0.15) is 18.1 Å². The summed E-state index contributed by atoms with van der Waals surface area (Å²) in [7, 11) is 3.57. The fourth-order valence-corrected chi connectivity index (χ4v) is 4.38. The summed E-state index contributed by atoms with van der Waals surface area (Å²) >= 11 is 0. The van der Waals surface area contributed by atoms with Gasteiger partial charge in [0.15, 0.2) is 5.96 Å². The number of benzene rings is 2. The summed E-state index contributed by atoms with van der Waals surface area (Å²) in [5.41, 5.74) is 2.51. The van der Waals surface area contributed by atoms with E-state index >= 15 is 0 Å². The van der Waals surface area contributed by atoms with Crippen LogP contribution in [0.2, 0.25) is 0 Å². The van der Waals surface area contributed by atoms with Crippen molar-refractivity contribution in [1.82, 2.24) is 10.2 Å². The van der Waals surface area contributed by atoms with Gasteiger partial charge in [-0.3, -0.25) is 4.99 Å². The second-order valence-corrected chi connectivity index (χ2v) is 7.85. The van der Waals surface area contributed by atoms with Crippen molar-refractivity contribution < 1.29 is 9.47 Å². The number of halogens is 1. The van der Waals surface area contributed by atoms with E-state index in [0.29, 0.717) is 5.92 Å². The summed E-state index contributed by atoms with van der Waals surface area (Å²) in [6, 6.07) is 18.9. The Labute approximate surface area is 202 Å². The third-order valence-electron chi connectivity index (χ3n) is 6.09. The number of piperazine rings is 1. The molecule has 2 heterocycles. The van der Waals surface area contributed by atoms with Crippen LogP contribution in [0.15, 0.2) is 59.6 Å². The minimum Gasteiger partial charge on any atom is -0.497 e. The highest BCUT2D eigenvalue weighted by atomic mass is 127. The first-order valence-electron chi connectivity index (χ1n) is 10.8. The summed E-state index contributed by atoms with van der Waals surface area (Å²) < 4.78 is 11.3. The van der Waals surface area contributed by atoms with Crippen LogP contribution in [0.3, 0.4) is 0 Å². The highest BCUT2D eigenvalue weighted by Crippen LogP contribution is 2.33. The molecule has 2 aliphatic heterocycles. The molecule has 0 bridgehead atoms. The fraction of sp³-hybridized carbons (Fsp3) is 0.458. The second kappa shape index (κ2) is 11.6. The van der Waals surface area contributed by atoms with E-state index < -0.39 is 0 Å². The van der Waals surface area contributed by atoms with Crippen molar-refractivity contribution >= 4 is 35.6 Å². The molecule has 0 spiro atoms. The zero-order valence-corrected chi connectivity index (χ0v) is 20.7. The molecule has 6 nitrogen and oxygen atoms in total. The zero-order valence-electron chi connectivity index (χ0n) is 18.4. The summed E-state index contributed by atoms with van der Waals surface area (Å²) in [6.07, 6.45) is 1.25. The van der Waals surface area contributed by atoms with Gasteiger partial charge in [0.1, 0.15) is 5.75 Å².